The standard InChI is InChI=1S/C17H29N3O/c1-7-15-8-14(9-16(18-6)19-15)17(21)20(10-12(2)3)11-13(4)5/h8-9,12-13H,7,10-11H2,1-6H3,(H,18,19). The fraction of sp³-hybridized carbons (Fsp3) is 0.647. The van der Waals surface area contributed by atoms with Gasteiger partial charge in [-0.25, -0.2) is 4.98 Å². The van der Waals surface area contributed by atoms with E-state index in [1.165, 1.54) is 0 Å². The van der Waals surface area contributed by atoms with Crippen molar-refractivity contribution < 1.29 is 4.79 Å². The summed E-state index contributed by atoms with van der Waals surface area (Å²) in [5.74, 6) is 1.78. The molecule has 0 spiro atoms. The van der Waals surface area contributed by atoms with Gasteiger partial charge in [-0.15, -0.1) is 0 Å². The van der Waals surface area contributed by atoms with Gasteiger partial charge in [-0.3, -0.25) is 4.79 Å². The monoisotopic (exact) mass is 291 g/mol. The number of aryl methyl sites for hydroxylation is 1. The lowest BCUT2D eigenvalue weighted by Crippen LogP contribution is -2.37. The summed E-state index contributed by atoms with van der Waals surface area (Å²) in [7, 11) is 1.83. The van der Waals surface area contributed by atoms with Crippen LogP contribution in [0.3, 0.4) is 0 Å². The molecule has 0 atom stereocenters. The zero-order chi connectivity index (χ0) is 16.0. The number of hydrogen-bond acceptors (Lipinski definition) is 3. The van der Waals surface area contributed by atoms with Crippen molar-refractivity contribution in [1.82, 2.24) is 9.88 Å². The van der Waals surface area contributed by atoms with E-state index in [0.717, 1.165) is 36.6 Å². The molecule has 0 bridgehead atoms. The van der Waals surface area contributed by atoms with Crippen molar-refractivity contribution in [3.63, 3.8) is 0 Å². The molecule has 118 valence electrons. The second kappa shape index (κ2) is 8.01. The number of pyridine rings is 1. The molecule has 1 amide bonds. The van der Waals surface area contributed by atoms with Crippen molar-refractivity contribution in [1.29, 1.82) is 0 Å². The first-order valence-corrected chi connectivity index (χ1v) is 7.85. The van der Waals surface area contributed by atoms with Crippen LogP contribution in [0.4, 0.5) is 5.82 Å². The van der Waals surface area contributed by atoms with E-state index in [0.29, 0.717) is 11.8 Å². The van der Waals surface area contributed by atoms with Gasteiger partial charge in [-0.2, -0.15) is 0 Å². The summed E-state index contributed by atoms with van der Waals surface area (Å²) >= 11 is 0. The molecule has 0 aromatic carbocycles. The molecule has 4 nitrogen and oxygen atoms in total. The van der Waals surface area contributed by atoms with Crippen molar-refractivity contribution in [2.45, 2.75) is 41.0 Å². The molecule has 21 heavy (non-hydrogen) atoms. The molecule has 0 saturated carbocycles. The molecular formula is C17H29N3O. The summed E-state index contributed by atoms with van der Waals surface area (Å²) in [6.45, 7) is 12.2. The summed E-state index contributed by atoms with van der Waals surface area (Å²) in [6, 6.07) is 3.76. The Morgan fingerprint density at radius 3 is 2.19 bits per heavy atom. The number of rotatable bonds is 7. The maximum absolute atomic E-state index is 12.8. The normalized spacial score (nSPS) is 11.0. The average Bonchev–Trinajstić information content (AvgIpc) is 2.44. The van der Waals surface area contributed by atoms with Crippen LogP contribution >= 0.6 is 0 Å². The fourth-order valence-corrected chi connectivity index (χ4v) is 2.32. The van der Waals surface area contributed by atoms with Crippen LogP contribution in [0.1, 0.15) is 50.7 Å². The highest BCUT2D eigenvalue weighted by Gasteiger charge is 2.19. The van der Waals surface area contributed by atoms with Crippen LogP contribution in [0.5, 0.6) is 0 Å². The molecule has 1 rings (SSSR count). The van der Waals surface area contributed by atoms with E-state index < -0.39 is 0 Å². The van der Waals surface area contributed by atoms with Crippen LogP contribution in [0, 0.1) is 11.8 Å². The third-order valence-corrected chi connectivity index (χ3v) is 3.20. The topological polar surface area (TPSA) is 45.2 Å². The van der Waals surface area contributed by atoms with Gasteiger partial charge in [0.1, 0.15) is 5.82 Å². The highest BCUT2D eigenvalue weighted by atomic mass is 16.2. The van der Waals surface area contributed by atoms with E-state index in [4.69, 9.17) is 0 Å². The molecule has 1 N–H and O–H groups in total. The molecule has 4 heteroatoms. The van der Waals surface area contributed by atoms with Gasteiger partial charge in [0, 0.05) is 31.4 Å². The van der Waals surface area contributed by atoms with E-state index in [2.05, 4.69) is 44.9 Å². The van der Waals surface area contributed by atoms with Crippen LogP contribution in [0.25, 0.3) is 0 Å². The minimum absolute atomic E-state index is 0.103. The zero-order valence-electron chi connectivity index (χ0n) is 14.2. The maximum atomic E-state index is 12.8. The molecule has 0 aliphatic rings. The molecular weight excluding hydrogens is 262 g/mol. The summed E-state index contributed by atoms with van der Waals surface area (Å²) < 4.78 is 0. The lowest BCUT2D eigenvalue weighted by atomic mass is 10.1. The number of carbonyl (C=O) groups excluding carboxylic acids is 1. The van der Waals surface area contributed by atoms with Crippen molar-refractivity contribution in [3.8, 4) is 0 Å². The molecule has 1 aromatic heterocycles. The third kappa shape index (κ3) is 5.37. The molecule has 0 aliphatic carbocycles. The molecule has 1 aromatic rings. The average molecular weight is 291 g/mol. The van der Waals surface area contributed by atoms with Gasteiger partial charge in [0.05, 0.1) is 0 Å². The van der Waals surface area contributed by atoms with E-state index in [-0.39, 0.29) is 5.91 Å². The Morgan fingerprint density at radius 2 is 1.76 bits per heavy atom. The SMILES string of the molecule is CCc1cc(C(=O)N(CC(C)C)CC(C)C)cc(NC)n1. The second-order valence-electron chi connectivity index (χ2n) is 6.33. The lowest BCUT2D eigenvalue weighted by molar-refractivity contribution is 0.0715. The number of nitrogens with one attached hydrogen (secondary N) is 1. The van der Waals surface area contributed by atoms with Crippen molar-refractivity contribution in [3.05, 3.63) is 23.4 Å². The minimum atomic E-state index is 0.103. The third-order valence-electron chi connectivity index (χ3n) is 3.20. The molecule has 0 radical (unpaired) electrons. The van der Waals surface area contributed by atoms with Crippen molar-refractivity contribution in [2.75, 3.05) is 25.5 Å². The van der Waals surface area contributed by atoms with E-state index >= 15 is 0 Å². The summed E-state index contributed by atoms with van der Waals surface area (Å²) in [6.07, 6.45) is 0.824. The number of anilines is 1. The van der Waals surface area contributed by atoms with Crippen LogP contribution in [0.15, 0.2) is 12.1 Å². The molecule has 0 aliphatic heterocycles. The first-order valence-electron chi connectivity index (χ1n) is 7.85. The van der Waals surface area contributed by atoms with Gasteiger partial charge >= 0.3 is 0 Å². The predicted octanol–water partition coefficient (Wildman–Crippen LogP) is 3.44. The minimum Gasteiger partial charge on any atom is -0.373 e. The van der Waals surface area contributed by atoms with Crippen LogP contribution in [0.2, 0.25) is 0 Å². The Balaban J connectivity index is 3.06. The van der Waals surface area contributed by atoms with Crippen molar-refractivity contribution in [2.24, 2.45) is 11.8 Å². The quantitative estimate of drug-likeness (QED) is 0.837. The summed E-state index contributed by atoms with van der Waals surface area (Å²) in [5, 5.41) is 3.04. The highest BCUT2D eigenvalue weighted by molar-refractivity contribution is 5.95. The number of aromatic nitrogens is 1. The second-order valence-corrected chi connectivity index (χ2v) is 6.33. The number of nitrogens with zero attached hydrogens (tertiary/aromatic N) is 2. The largest absolute Gasteiger partial charge is 0.373 e. The van der Waals surface area contributed by atoms with Gasteiger partial charge in [-0.05, 0) is 30.4 Å². The first-order chi connectivity index (χ1) is 9.87. The Hall–Kier alpha value is -1.58. The fourth-order valence-electron chi connectivity index (χ4n) is 2.32. The zero-order valence-corrected chi connectivity index (χ0v) is 14.2. The van der Waals surface area contributed by atoms with Crippen LogP contribution in [-0.4, -0.2) is 35.9 Å². The summed E-state index contributed by atoms with van der Waals surface area (Å²) in [5.41, 5.74) is 1.67. The molecule has 1 heterocycles. The van der Waals surface area contributed by atoms with E-state index in [1.807, 2.05) is 24.1 Å². The summed E-state index contributed by atoms with van der Waals surface area (Å²) in [4.78, 5) is 19.2. The Labute approximate surface area is 129 Å². The predicted molar refractivity (Wildman–Crippen MR) is 88.7 cm³/mol. The molecule has 0 unspecified atom stereocenters. The van der Waals surface area contributed by atoms with Crippen molar-refractivity contribution >= 4 is 11.7 Å². The maximum Gasteiger partial charge on any atom is 0.254 e. The molecule has 0 saturated heterocycles. The van der Waals surface area contributed by atoms with E-state index in [9.17, 15) is 4.79 Å². The number of carbonyl (C=O) groups is 1. The lowest BCUT2D eigenvalue weighted by Gasteiger charge is -2.26. The van der Waals surface area contributed by atoms with Gasteiger partial charge < -0.3 is 10.2 Å². The Kier molecular flexibility index (Phi) is 6.66. The number of amides is 1. The smallest absolute Gasteiger partial charge is 0.254 e. The molecule has 0 fully saturated rings. The van der Waals surface area contributed by atoms with E-state index in [1.54, 1.807) is 0 Å². The number of hydrogen-bond donors (Lipinski definition) is 1. The highest BCUT2D eigenvalue weighted by Crippen LogP contribution is 2.15. The van der Waals surface area contributed by atoms with Gasteiger partial charge in [0.15, 0.2) is 0 Å². The van der Waals surface area contributed by atoms with Crippen LogP contribution < -0.4 is 5.32 Å². The van der Waals surface area contributed by atoms with Gasteiger partial charge in [-0.1, -0.05) is 34.6 Å². The first kappa shape index (κ1) is 17.5. The van der Waals surface area contributed by atoms with Gasteiger partial charge in [0.25, 0.3) is 5.91 Å². The Bertz CT molecular complexity index is 437. The Morgan fingerprint density at radius 1 is 1.19 bits per heavy atom. The van der Waals surface area contributed by atoms with Gasteiger partial charge in [0.2, 0.25) is 0 Å². The van der Waals surface area contributed by atoms with Crippen LogP contribution in [-0.2, 0) is 6.42 Å².